The normalized spacial score (nSPS) is 12.2. The Kier molecular flexibility index (Phi) is 3.65. The van der Waals surface area contributed by atoms with Crippen molar-refractivity contribution < 1.29 is 9.90 Å². The van der Waals surface area contributed by atoms with Gasteiger partial charge >= 0.3 is 0 Å². The van der Waals surface area contributed by atoms with Crippen molar-refractivity contribution >= 4 is 5.91 Å². The van der Waals surface area contributed by atoms with E-state index in [0.717, 1.165) is 5.56 Å². The van der Waals surface area contributed by atoms with Crippen molar-refractivity contribution in [1.82, 2.24) is 4.90 Å². The van der Waals surface area contributed by atoms with Crippen LogP contribution in [0, 0.1) is 0 Å². The van der Waals surface area contributed by atoms with Crippen LogP contribution in [-0.4, -0.2) is 36.1 Å². The van der Waals surface area contributed by atoms with Crippen LogP contribution in [0.15, 0.2) is 30.3 Å². The average Bonchev–Trinajstić information content (AvgIpc) is 2.18. The fraction of sp³-hybridized carbons (Fsp3) is 0.364. The van der Waals surface area contributed by atoms with Crippen LogP contribution in [0.25, 0.3) is 0 Å². The molecule has 0 spiro atoms. The molecule has 1 rings (SSSR count). The first-order valence-corrected chi connectivity index (χ1v) is 4.54. The second-order valence-electron chi connectivity index (χ2n) is 3.44. The number of likely N-dealkylation sites (N-methyl/N-ethyl adjacent to an activating group) is 1. The van der Waals surface area contributed by atoms with Crippen LogP contribution in [0.5, 0.6) is 0 Å². The van der Waals surface area contributed by atoms with E-state index in [9.17, 15) is 9.90 Å². The van der Waals surface area contributed by atoms with Crippen LogP contribution < -0.4 is 0 Å². The van der Waals surface area contributed by atoms with E-state index in [1.807, 2.05) is 30.3 Å². The number of carbonyl (C=O) groups excluding carboxylic acids is 1. The Balaban J connectivity index is 2.57. The van der Waals surface area contributed by atoms with Crippen LogP contribution in [0.3, 0.4) is 0 Å². The molecule has 0 heterocycles. The molecule has 0 fully saturated rings. The molecule has 1 amide bonds. The summed E-state index contributed by atoms with van der Waals surface area (Å²) < 4.78 is 0. The molecule has 0 bridgehead atoms. The number of benzene rings is 1. The molecule has 0 aliphatic heterocycles. The van der Waals surface area contributed by atoms with Crippen LogP contribution in [-0.2, 0) is 11.2 Å². The maximum Gasteiger partial charge on any atom is 0.251 e. The zero-order chi connectivity index (χ0) is 10.6. The monoisotopic (exact) mass is 193 g/mol. The highest BCUT2D eigenvalue weighted by Crippen LogP contribution is 2.04. The van der Waals surface area contributed by atoms with Crippen LogP contribution in [0.1, 0.15) is 5.56 Å². The van der Waals surface area contributed by atoms with E-state index < -0.39 is 6.10 Å². The summed E-state index contributed by atoms with van der Waals surface area (Å²) in [4.78, 5) is 12.7. The number of carbonyl (C=O) groups is 1. The minimum atomic E-state index is -0.938. The van der Waals surface area contributed by atoms with Gasteiger partial charge in [-0.2, -0.15) is 0 Å². The molecule has 3 nitrogen and oxygen atoms in total. The maximum atomic E-state index is 11.3. The molecule has 0 radical (unpaired) electrons. The summed E-state index contributed by atoms with van der Waals surface area (Å²) >= 11 is 0. The Morgan fingerprint density at radius 3 is 2.43 bits per heavy atom. The fourth-order valence-corrected chi connectivity index (χ4v) is 1.22. The molecule has 0 aromatic heterocycles. The lowest BCUT2D eigenvalue weighted by atomic mass is 10.1. The standard InChI is InChI=1S/C11H15NO2/c1-12(2)11(14)10(13)8-9-6-4-3-5-7-9/h3-7,10,13H,8H2,1-2H3/t10-/m0/s1. The van der Waals surface area contributed by atoms with Gasteiger partial charge in [0.1, 0.15) is 6.10 Å². The van der Waals surface area contributed by atoms with E-state index in [4.69, 9.17) is 0 Å². The topological polar surface area (TPSA) is 40.5 Å². The van der Waals surface area contributed by atoms with Gasteiger partial charge in [0, 0.05) is 20.5 Å². The number of nitrogens with zero attached hydrogens (tertiary/aromatic N) is 1. The quantitative estimate of drug-likeness (QED) is 0.766. The lowest BCUT2D eigenvalue weighted by molar-refractivity contribution is -0.137. The van der Waals surface area contributed by atoms with Gasteiger partial charge in [0.25, 0.3) is 5.91 Å². The molecule has 0 aliphatic carbocycles. The Morgan fingerprint density at radius 2 is 1.93 bits per heavy atom. The highest BCUT2D eigenvalue weighted by molar-refractivity contribution is 5.80. The zero-order valence-corrected chi connectivity index (χ0v) is 8.47. The predicted octanol–water partition coefficient (Wildman–Crippen LogP) is 0.678. The highest BCUT2D eigenvalue weighted by atomic mass is 16.3. The second kappa shape index (κ2) is 4.77. The zero-order valence-electron chi connectivity index (χ0n) is 8.47. The van der Waals surface area contributed by atoms with Crippen molar-refractivity contribution in [2.75, 3.05) is 14.1 Å². The lowest BCUT2D eigenvalue weighted by Crippen LogP contribution is -2.34. The van der Waals surface area contributed by atoms with E-state index in [-0.39, 0.29) is 5.91 Å². The molecule has 76 valence electrons. The molecular weight excluding hydrogens is 178 g/mol. The predicted molar refractivity (Wildman–Crippen MR) is 54.8 cm³/mol. The van der Waals surface area contributed by atoms with Crippen LogP contribution >= 0.6 is 0 Å². The number of hydrogen-bond donors (Lipinski definition) is 1. The Morgan fingerprint density at radius 1 is 1.36 bits per heavy atom. The Bertz CT molecular complexity index is 295. The number of amides is 1. The molecule has 3 heteroatoms. The minimum absolute atomic E-state index is 0.256. The third-order valence-electron chi connectivity index (χ3n) is 2.00. The van der Waals surface area contributed by atoms with Crippen molar-refractivity contribution in [3.8, 4) is 0 Å². The van der Waals surface area contributed by atoms with E-state index in [2.05, 4.69) is 0 Å². The van der Waals surface area contributed by atoms with Gasteiger partial charge in [-0.15, -0.1) is 0 Å². The maximum absolute atomic E-state index is 11.3. The number of hydrogen-bond acceptors (Lipinski definition) is 2. The summed E-state index contributed by atoms with van der Waals surface area (Å²) in [5, 5.41) is 9.55. The van der Waals surface area contributed by atoms with Crippen molar-refractivity contribution in [2.24, 2.45) is 0 Å². The van der Waals surface area contributed by atoms with E-state index >= 15 is 0 Å². The van der Waals surface area contributed by atoms with Gasteiger partial charge in [-0.1, -0.05) is 30.3 Å². The molecule has 1 aromatic rings. The summed E-state index contributed by atoms with van der Waals surface area (Å²) in [5.74, 6) is -0.256. The van der Waals surface area contributed by atoms with E-state index in [1.54, 1.807) is 14.1 Å². The van der Waals surface area contributed by atoms with Gasteiger partial charge in [-0.25, -0.2) is 0 Å². The molecule has 0 aliphatic rings. The number of aliphatic hydroxyl groups is 1. The van der Waals surface area contributed by atoms with Gasteiger partial charge in [-0.3, -0.25) is 4.79 Å². The van der Waals surface area contributed by atoms with E-state index in [0.29, 0.717) is 6.42 Å². The largest absolute Gasteiger partial charge is 0.383 e. The molecule has 0 unspecified atom stereocenters. The molecule has 0 saturated carbocycles. The smallest absolute Gasteiger partial charge is 0.251 e. The van der Waals surface area contributed by atoms with E-state index in [1.165, 1.54) is 4.90 Å². The molecule has 0 saturated heterocycles. The summed E-state index contributed by atoms with van der Waals surface area (Å²) in [7, 11) is 3.27. The number of rotatable bonds is 3. The minimum Gasteiger partial charge on any atom is -0.383 e. The molecule has 1 aromatic carbocycles. The Hall–Kier alpha value is -1.35. The summed E-state index contributed by atoms with van der Waals surface area (Å²) in [6.07, 6.45) is -0.565. The lowest BCUT2D eigenvalue weighted by Gasteiger charge is -2.15. The van der Waals surface area contributed by atoms with Gasteiger partial charge in [0.2, 0.25) is 0 Å². The third-order valence-corrected chi connectivity index (χ3v) is 2.00. The third kappa shape index (κ3) is 2.85. The highest BCUT2D eigenvalue weighted by Gasteiger charge is 2.16. The van der Waals surface area contributed by atoms with Crippen LogP contribution in [0.2, 0.25) is 0 Å². The fourth-order valence-electron chi connectivity index (χ4n) is 1.22. The first-order chi connectivity index (χ1) is 6.61. The molecule has 1 atom stereocenters. The van der Waals surface area contributed by atoms with Gasteiger partial charge < -0.3 is 10.0 Å². The van der Waals surface area contributed by atoms with Crippen molar-refractivity contribution in [3.63, 3.8) is 0 Å². The van der Waals surface area contributed by atoms with Crippen molar-refractivity contribution in [2.45, 2.75) is 12.5 Å². The van der Waals surface area contributed by atoms with Crippen LogP contribution in [0.4, 0.5) is 0 Å². The Labute approximate surface area is 84.0 Å². The molecular formula is C11H15NO2. The van der Waals surface area contributed by atoms with Gasteiger partial charge in [0.05, 0.1) is 0 Å². The summed E-state index contributed by atoms with van der Waals surface area (Å²) in [6.45, 7) is 0. The van der Waals surface area contributed by atoms with Gasteiger partial charge in [0.15, 0.2) is 0 Å². The first kappa shape index (κ1) is 10.7. The average molecular weight is 193 g/mol. The summed E-state index contributed by atoms with van der Waals surface area (Å²) in [6, 6.07) is 9.48. The van der Waals surface area contributed by atoms with Gasteiger partial charge in [-0.05, 0) is 5.56 Å². The number of aliphatic hydroxyl groups excluding tert-OH is 1. The SMILES string of the molecule is CN(C)C(=O)[C@@H](O)Cc1ccccc1. The molecule has 1 N–H and O–H groups in total. The summed E-state index contributed by atoms with van der Waals surface area (Å²) in [5.41, 5.74) is 0.968. The second-order valence-corrected chi connectivity index (χ2v) is 3.44. The first-order valence-electron chi connectivity index (χ1n) is 4.54. The van der Waals surface area contributed by atoms with Crippen molar-refractivity contribution in [1.29, 1.82) is 0 Å². The van der Waals surface area contributed by atoms with Crippen molar-refractivity contribution in [3.05, 3.63) is 35.9 Å². The molecule has 14 heavy (non-hydrogen) atoms.